The van der Waals surface area contributed by atoms with Gasteiger partial charge >= 0.3 is 0 Å². The third-order valence-corrected chi connectivity index (χ3v) is 4.18. The van der Waals surface area contributed by atoms with E-state index in [0.717, 1.165) is 37.3 Å². The highest BCUT2D eigenvalue weighted by Gasteiger charge is 2.34. The van der Waals surface area contributed by atoms with Gasteiger partial charge < -0.3 is 9.42 Å². The maximum Gasteiger partial charge on any atom is 0.236 e. The van der Waals surface area contributed by atoms with Crippen molar-refractivity contribution < 1.29 is 9.32 Å². The summed E-state index contributed by atoms with van der Waals surface area (Å²) in [6.45, 7) is 4.71. The van der Waals surface area contributed by atoms with Crippen LogP contribution in [-0.2, 0) is 4.79 Å². The minimum absolute atomic E-state index is 0.0651. The lowest BCUT2D eigenvalue weighted by Gasteiger charge is -2.24. The van der Waals surface area contributed by atoms with Gasteiger partial charge in [0.25, 0.3) is 0 Å². The molecule has 1 aromatic heterocycles. The lowest BCUT2D eigenvalue weighted by Crippen LogP contribution is -2.35. The standard InChI is InChI=1S/C12H17BrN2O2/c1-3-9(13)12(16)15-6-4-5-10(15)11-7-8(2)14-17-11/h7,9-10H,3-6H2,1-2H3. The van der Waals surface area contributed by atoms with Crippen LogP contribution in [0.15, 0.2) is 10.6 Å². The van der Waals surface area contributed by atoms with E-state index in [1.807, 2.05) is 24.8 Å². The number of rotatable bonds is 3. The molecular formula is C12H17BrN2O2. The monoisotopic (exact) mass is 300 g/mol. The zero-order chi connectivity index (χ0) is 12.4. The van der Waals surface area contributed by atoms with Gasteiger partial charge in [-0.25, -0.2) is 0 Å². The molecule has 0 radical (unpaired) electrons. The number of halogens is 1. The van der Waals surface area contributed by atoms with Crippen molar-refractivity contribution in [2.24, 2.45) is 0 Å². The van der Waals surface area contributed by atoms with Gasteiger partial charge in [-0.3, -0.25) is 4.79 Å². The van der Waals surface area contributed by atoms with Gasteiger partial charge in [-0.05, 0) is 26.2 Å². The fourth-order valence-electron chi connectivity index (χ4n) is 2.22. The van der Waals surface area contributed by atoms with E-state index in [4.69, 9.17) is 4.52 Å². The molecule has 0 aliphatic carbocycles. The number of carbonyl (C=O) groups excluding carboxylic acids is 1. The molecule has 4 nitrogen and oxygen atoms in total. The van der Waals surface area contributed by atoms with Crippen molar-refractivity contribution in [3.63, 3.8) is 0 Å². The number of hydrogen-bond acceptors (Lipinski definition) is 3. The van der Waals surface area contributed by atoms with Gasteiger partial charge in [-0.2, -0.15) is 0 Å². The van der Waals surface area contributed by atoms with Gasteiger partial charge in [0.1, 0.15) is 0 Å². The van der Waals surface area contributed by atoms with E-state index in [2.05, 4.69) is 21.1 Å². The van der Waals surface area contributed by atoms with Gasteiger partial charge in [-0.15, -0.1) is 0 Å². The van der Waals surface area contributed by atoms with E-state index < -0.39 is 0 Å². The van der Waals surface area contributed by atoms with Gasteiger partial charge in [0.05, 0.1) is 16.6 Å². The zero-order valence-corrected chi connectivity index (χ0v) is 11.7. The topological polar surface area (TPSA) is 46.3 Å². The summed E-state index contributed by atoms with van der Waals surface area (Å²) >= 11 is 3.42. The highest BCUT2D eigenvalue weighted by Crippen LogP contribution is 2.33. The Labute approximate surface area is 109 Å². The summed E-state index contributed by atoms with van der Waals surface area (Å²) in [6.07, 6.45) is 2.79. The smallest absolute Gasteiger partial charge is 0.236 e. The second-order valence-electron chi connectivity index (χ2n) is 4.44. The number of likely N-dealkylation sites (tertiary alicyclic amines) is 1. The normalized spacial score (nSPS) is 21.8. The number of nitrogens with zero attached hydrogens (tertiary/aromatic N) is 2. The van der Waals surface area contributed by atoms with E-state index in [9.17, 15) is 4.79 Å². The van der Waals surface area contributed by atoms with E-state index in [1.165, 1.54) is 0 Å². The third-order valence-electron chi connectivity index (χ3n) is 3.14. The van der Waals surface area contributed by atoms with Crippen LogP contribution in [0.5, 0.6) is 0 Å². The Morgan fingerprint density at radius 3 is 3.12 bits per heavy atom. The molecule has 1 fully saturated rings. The van der Waals surface area contributed by atoms with Crippen LogP contribution in [0, 0.1) is 6.92 Å². The van der Waals surface area contributed by atoms with Gasteiger partial charge in [0.2, 0.25) is 5.91 Å². The van der Waals surface area contributed by atoms with Gasteiger partial charge in [0, 0.05) is 12.6 Å². The summed E-state index contributed by atoms with van der Waals surface area (Å²) in [5.74, 6) is 0.966. The molecule has 0 saturated carbocycles. The Morgan fingerprint density at radius 1 is 1.76 bits per heavy atom. The van der Waals surface area contributed by atoms with E-state index in [-0.39, 0.29) is 16.8 Å². The van der Waals surface area contributed by atoms with Crippen LogP contribution in [0.2, 0.25) is 0 Å². The Bertz CT molecular complexity index is 405. The molecule has 1 aliphatic rings. The molecule has 2 unspecified atom stereocenters. The van der Waals surface area contributed by atoms with Crippen LogP contribution < -0.4 is 0 Å². The first-order valence-corrected chi connectivity index (χ1v) is 6.92. The number of amides is 1. The largest absolute Gasteiger partial charge is 0.359 e. The second-order valence-corrected chi connectivity index (χ2v) is 5.54. The van der Waals surface area contributed by atoms with Gasteiger partial charge in [0.15, 0.2) is 5.76 Å². The van der Waals surface area contributed by atoms with E-state index >= 15 is 0 Å². The highest BCUT2D eigenvalue weighted by atomic mass is 79.9. The summed E-state index contributed by atoms with van der Waals surface area (Å²) in [5.41, 5.74) is 0.866. The minimum Gasteiger partial charge on any atom is -0.359 e. The lowest BCUT2D eigenvalue weighted by molar-refractivity contribution is -0.131. The summed E-state index contributed by atoms with van der Waals surface area (Å²) < 4.78 is 5.28. The van der Waals surface area contributed by atoms with Crippen molar-refractivity contribution in [3.8, 4) is 0 Å². The van der Waals surface area contributed by atoms with Crippen molar-refractivity contribution in [1.82, 2.24) is 10.1 Å². The SMILES string of the molecule is CCC(Br)C(=O)N1CCCC1c1cc(C)no1. The number of alkyl halides is 1. The molecule has 2 rings (SSSR count). The number of aryl methyl sites for hydroxylation is 1. The molecule has 0 bridgehead atoms. The molecule has 0 N–H and O–H groups in total. The summed E-state index contributed by atoms with van der Waals surface area (Å²) in [5, 5.41) is 3.90. The molecular weight excluding hydrogens is 284 g/mol. The average molecular weight is 301 g/mol. The summed E-state index contributed by atoms with van der Waals surface area (Å²) in [7, 11) is 0. The van der Waals surface area contributed by atoms with Crippen molar-refractivity contribution >= 4 is 21.8 Å². The van der Waals surface area contributed by atoms with Crippen LogP contribution in [0.25, 0.3) is 0 Å². The van der Waals surface area contributed by atoms with Crippen LogP contribution in [0.1, 0.15) is 43.7 Å². The molecule has 5 heteroatoms. The third kappa shape index (κ3) is 2.54. The maximum atomic E-state index is 12.2. The molecule has 2 atom stereocenters. The second kappa shape index (κ2) is 5.21. The predicted octanol–water partition coefficient (Wildman–Crippen LogP) is 2.82. The van der Waals surface area contributed by atoms with Gasteiger partial charge in [-0.1, -0.05) is 28.0 Å². The average Bonchev–Trinajstić information content (AvgIpc) is 2.94. The van der Waals surface area contributed by atoms with E-state index in [1.54, 1.807) is 0 Å². The van der Waals surface area contributed by atoms with E-state index in [0.29, 0.717) is 0 Å². The van der Waals surface area contributed by atoms with Crippen molar-refractivity contribution in [1.29, 1.82) is 0 Å². The van der Waals surface area contributed by atoms with Crippen LogP contribution in [-0.4, -0.2) is 27.3 Å². The van der Waals surface area contributed by atoms with Crippen LogP contribution >= 0.6 is 15.9 Å². The highest BCUT2D eigenvalue weighted by molar-refractivity contribution is 9.10. The molecule has 0 aromatic carbocycles. The predicted molar refractivity (Wildman–Crippen MR) is 67.9 cm³/mol. The molecule has 0 spiro atoms. The number of hydrogen-bond donors (Lipinski definition) is 0. The van der Waals surface area contributed by atoms with Crippen molar-refractivity contribution in [2.75, 3.05) is 6.54 Å². The number of carbonyl (C=O) groups is 1. The minimum atomic E-state index is -0.0906. The summed E-state index contributed by atoms with van der Waals surface area (Å²) in [6, 6.07) is 1.99. The molecule has 2 heterocycles. The quantitative estimate of drug-likeness (QED) is 0.807. The lowest BCUT2D eigenvalue weighted by atomic mass is 10.1. The fraction of sp³-hybridized carbons (Fsp3) is 0.667. The molecule has 1 aromatic rings. The van der Waals surface area contributed by atoms with Crippen molar-refractivity contribution in [3.05, 3.63) is 17.5 Å². The number of aromatic nitrogens is 1. The summed E-state index contributed by atoms with van der Waals surface area (Å²) in [4.78, 5) is 14.0. The van der Waals surface area contributed by atoms with Crippen molar-refractivity contribution in [2.45, 2.75) is 44.0 Å². The first-order chi connectivity index (χ1) is 8.13. The maximum absolute atomic E-state index is 12.2. The van der Waals surface area contributed by atoms with Crippen LogP contribution in [0.4, 0.5) is 0 Å². The molecule has 94 valence electrons. The fourth-order valence-corrected chi connectivity index (χ4v) is 2.48. The molecule has 1 saturated heterocycles. The zero-order valence-electron chi connectivity index (χ0n) is 10.1. The molecule has 1 aliphatic heterocycles. The van der Waals surface area contributed by atoms with Crippen LogP contribution in [0.3, 0.4) is 0 Å². The molecule has 17 heavy (non-hydrogen) atoms. The Hall–Kier alpha value is -0.840. The Kier molecular flexibility index (Phi) is 3.86. The Morgan fingerprint density at radius 2 is 2.53 bits per heavy atom. The Balaban J connectivity index is 2.15. The first-order valence-electron chi connectivity index (χ1n) is 6.01. The molecule has 1 amide bonds. The first kappa shape index (κ1) is 12.6.